The molecule has 5 rings (SSSR count). The molecule has 2 saturated heterocycles. The molecule has 3 aromatic rings. The maximum atomic E-state index is 3.37. The van der Waals surface area contributed by atoms with Crippen LogP contribution >= 0.6 is 0 Å². The summed E-state index contributed by atoms with van der Waals surface area (Å²) in [6, 6.07) is 18.4. The highest BCUT2D eigenvalue weighted by Crippen LogP contribution is 2.30. The second-order valence-electron chi connectivity index (χ2n) is 11.4. The molecule has 2 atom stereocenters. The molecule has 0 radical (unpaired) electrons. The van der Waals surface area contributed by atoms with Gasteiger partial charge in [0, 0.05) is 72.2 Å². The molecule has 0 amide bonds. The molecule has 42 heavy (non-hydrogen) atoms. The molecule has 0 spiro atoms. The van der Waals surface area contributed by atoms with Crippen molar-refractivity contribution >= 4 is 0 Å². The number of rotatable bonds is 8. The van der Waals surface area contributed by atoms with Crippen LogP contribution in [0.15, 0.2) is 73.3 Å². The largest absolute Gasteiger partial charge is 1.00 e. The number of halogens is 2. The Balaban J connectivity index is 0.00000242. The van der Waals surface area contributed by atoms with Crippen LogP contribution in [0.25, 0.3) is 0 Å². The van der Waals surface area contributed by atoms with E-state index in [1.165, 1.54) is 49.9 Å². The Labute approximate surface area is 274 Å². The summed E-state index contributed by atoms with van der Waals surface area (Å²) in [6.07, 6.45) is 18.0. The zero-order chi connectivity index (χ0) is 27.6. The zero-order valence-corrected chi connectivity index (χ0v) is 28.3. The molecule has 0 bridgehead atoms. The Morgan fingerprint density at radius 1 is 0.690 bits per heavy atom. The lowest BCUT2D eigenvalue weighted by atomic mass is 10.1. The second kappa shape index (κ2) is 17.6. The van der Waals surface area contributed by atoms with Crippen molar-refractivity contribution in [3.8, 4) is 23.7 Å². The summed E-state index contributed by atoms with van der Waals surface area (Å²) in [5.41, 5.74) is 4.98. The minimum Gasteiger partial charge on any atom is -1.00 e. The first-order valence-corrected chi connectivity index (χ1v) is 15.1. The van der Waals surface area contributed by atoms with Crippen LogP contribution in [0.3, 0.4) is 0 Å². The van der Waals surface area contributed by atoms with Gasteiger partial charge in [0.1, 0.15) is 13.1 Å². The number of hydrogen-bond acceptors (Lipinski definition) is 2. The fraction of sp³-hybridized carbons (Fsp3) is 0.444. The van der Waals surface area contributed by atoms with Gasteiger partial charge >= 0.3 is 0 Å². The third kappa shape index (κ3) is 9.78. The van der Waals surface area contributed by atoms with Gasteiger partial charge in [-0.15, -0.1) is 0 Å². The van der Waals surface area contributed by atoms with E-state index in [1.54, 1.807) is 0 Å². The lowest BCUT2D eigenvalue weighted by Crippen LogP contribution is -3.00. The highest BCUT2D eigenvalue weighted by Gasteiger charge is 2.25. The summed E-state index contributed by atoms with van der Waals surface area (Å²) in [6.45, 7) is 4.42. The van der Waals surface area contributed by atoms with Crippen LogP contribution in [0, 0.1) is 23.7 Å². The molecule has 0 N–H and O–H groups in total. The van der Waals surface area contributed by atoms with Gasteiger partial charge in [-0.25, -0.2) is 9.13 Å². The molecular weight excluding hydrogens is 648 g/mol. The predicted octanol–water partition coefficient (Wildman–Crippen LogP) is -0.533. The molecule has 4 heterocycles. The summed E-state index contributed by atoms with van der Waals surface area (Å²) in [5.74, 6) is 13.4. The van der Waals surface area contributed by atoms with E-state index in [-0.39, 0.29) is 34.0 Å². The van der Waals surface area contributed by atoms with Gasteiger partial charge in [0.25, 0.3) is 0 Å². The number of nitrogens with zero attached hydrogens (tertiary/aromatic N) is 4. The fourth-order valence-electron chi connectivity index (χ4n) is 6.12. The summed E-state index contributed by atoms with van der Waals surface area (Å²) in [5, 5.41) is 0. The second-order valence-corrected chi connectivity index (χ2v) is 11.4. The molecular formula is C36H44Br2N4. The molecule has 1 aromatic carbocycles. The molecule has 0 aliphatic carbocycles. The predicted molar refractivity (Wildman–Crippen MR) is 161 cm³/mol. The van der Waals surface area contributed by atoms with Crippen molar-refractivity contribution in [2.75, 3.05) is 27.2 Å². The number of benzene rings is 1. The van der Waals surface area contributed by atoms with Crippen molar-refractivity contribution in [2.45, 2.75) is 76.5 Å². The topological polar surface area (TPSA) is 14.2 Å². The highest BCUT2D eigenvalue weighted by molar-refractivity contribution is 5.43. The lowest BCUT2D eigenvalue weighted by molar-refractivity contribution is -0.697. The number of pyridine rings is 2. The van der Waals surface area contributed by atoms with Crippen LogP contribution in [0.5, 0.6) is 0 Å². The van der Waals surface area contributed by atoms with Crippen LogP contribution < -0.4 is 43.1 Å². The van der Waals surface area contributed by atoms with E-state index in [9.17, 15) is 0 Å². The van der Waals surface area contributed by atoms with Gasteiger partial charge in [0.15, 0.2) is 24.8 Å². The van der Waals surface area contributed by atoms with E-state index in [1.807, 2.05) is 0 Å². The Morgan fingerprint density at radius 3 is 1.60 bits per heavy atom. The fourth-order valence-corrected chi connectivity index (χ4v) is 6.12. The van der Waals surface area contributed by atoms with Crippen molar-refractivity contribution in [1.29, 1.82) is 0 Å². The molecule has 6 heteroatoms. The van der Waals surface area contributed by atoms with Gasteiger partial charge in [-0.1, -0.05) is 29.7 Å². The summed E-state index contributed by atoms with van der Waals surface area (Å²) in [4.78, 5) is 4.94. The van der Waals surface area contributed by atoms with Crippen LogP contribution in [0.2, 0.25) is 0 Å². The SMILES string of the molecule is CN1CCC[C@H]1c1ccc[n+](CCCC#Cc2cccc(C#CCCC[n+]3cccc([C@@H]4CCCN4C)c3)c2)c1.[Br-].[Br-]. The summed E-state index contributed by atoms with van der Waals surface area (Å²) < 4.78 is 4.64. The first kappa shape index (κ1) is 34.0. The Bertz CT molecular complexity index is 1300. The van der Waals surface area contributed by atoms with E-state index in [2.05, 4.69) is 130 Å². The van der Waals surface area contributed by atoms with E-state index in [0.29, 0.717) is 12.1 Å². The van der Waals surface area contributed by atoms with Gasteiger partial charge in [-0.05, 0) is 83.2 Å². The number of aryl methyl sites for hydroxylation is 2. The van der Waals surface area contributed by atoms with Crippen molar-refractivity contribution < 1.29 is 43.1 Å². The molecule has 4 nitrogen and oxygen atoms in total. The van der Waals surface area contributed by atoms with Crippen LogP contribution in [-0.2, 0) is 13.1 Å². The van der Waals surface area contributed by atoms with Gasteiger partial charge in [0.2, 0.25) is 0 Å². The molecule has 2 aliphatic rings. The number of hydrogen-bond donors (Lipinski definition) is 0. The molecule has 222 valence electrons. The van der Waals surface area contributed by atoms with Crippen molar-refractivity contribution in [1.82, 2.24) is 9.80 Å². The normalized spacial score (nSPS) is 18.2. The Hall–Kier alpha value is -2.48. The minimum atomic E-state index is 0. The van der Waals surface area contributed by atoms with Crippen molar-refractivity contribution in [3.05, 3.63) is 95.6 Å². The van der Waals surface area contributed by atoms with E-state index < -0.39 is 0 Å². The van der Waals surface area contributed by atoms with E-state index in [4.69, 9.17) is 0 Å². The van der Waals surface area contributed by atoms with Crippen LogP contribution in [0.4, 0.5) is 0 Å². The van der Waals surface area contributed by atoms with Gasteiger partial charge in [-0.3, -0.25) is 9.80 Å². The summed E-state index contributed by atoms with van der Waals surface area (Å²) in [7, 11) is 4.47. The third-order valence-electron chi connectivity index (χ3n) is 8.34. The maximum absolute atomic E-state index is 3.37. The Morgan fingerprint density at radius 2 is 1.17 bits per heavy atom. The smallest absolute Gasteiger partial charge is 0.173 e. The standard InChI is InChI=1S/C36H44N4.2BrH/c1-37-22-12-20-35(37)33-18-10-26-39(29-33)24-7-3-5-14-31-16-9-17-32(28-31)15-6-4-8-25-40-27-11-19-34(30-40)36-21-13-23-38(36)2;;/h9-11,16-19,26-30,35-36H,3-4,7-8,12-13,20-25H2,1-2H3;2*1H/q+2;;/p-2/t35-,36-;;/m0../s1. The molecule has 2 fully saturated rings. The zero-order valence-electron chi connectivity index (χ0n) is 25.1. The van der Waals surface area contributed by atoms with Gasteiger partial charge < -0.3 is 34.0 Å². The number of unbranched alkanes of at least 4 members (excludes halogenated alkanes) is 2. The molecule has 2 aromatic heterocycles. The quantitative estimate of drug-likeness (QED) is 0.179. The summed E-state index contributed by atoms with van der Waals surface area (Å²) >= 11 is 0. The first-order valence-electron chi connectivity index (χ1n) is 15.1. The average Bonchev–Trinajstić information content (AvgIpc) is 3.61. The van der Waals surface area contributed by atoms with Gasteiger partial charge in [0.05, 0.1) is 0 Å². The van der Waals surface area contributed by atoms with E-state index in [0.717, 1.165) is 49.9 Å². The number of likely N-dealkylation sites (tertiary alicyclic amines) is 2. The third-order valence-corrected chi connectivity index (χ3v) is 8.34. The highest BCUT2D eigenvalue weighted by atomic mass is 79.9. The Kier molecular flexibility index (Phi) is 14.2. The van der Waals surface area contributed by atoms with Crippen LogP contribution in [0.1, 0.15) is 85.7 Å². The number of aromatic nitrogens is 2. The van der Waals surface area contributed by atoms with Crippen molar-refractivity contribution in [2.24, 2.45) is 0 Å². The minimum absolute atomic E-state index is 0. The molecule has 0 saturated carbocycles. The molecule has 0 unspecified atom stereocenters. The maximum Gasteiger partial charge on any atom is 0.173 e. The van der Waals surface area contributed by atoms with Gasteiger partial charge in [-0.2, -0.15) is 0 Å². The van der Waals surface area contributed by atoms with E-state index >= 15 is 0 Å². The average molecular weight is 693 g/mol. The lowest BCUT2D eigenvalue weighted by Gasteiger charge is -2.18. The monoisotopic (exact) mass is 690 g/mol. The first-order chi connectivity index (χ1) is 19.7. The van der Waals surface area contributed by atoms with Crippen LogP contribution in [-0.4, -0.2) is 37.0 Å². The van der Waals surface area contributed by atoms with Crippen molar-refractivity contribution in [3.63, 3.8) is 0 Å². The molecule has 2 aliphatic heterocycles.